The van der Waals surface area contributed by atoms with Gasteiger partial charge in [-0.05, 0) is 48.0 Å². The number of carbonyl (C=O) groups excluding carboxylic acids is 3. The van der Waals surface area contributed by atoms with Crippen LogP contribution in [0.1, 0.15) is 20.7 Å². The number of fused-ring (bicyclic) bond motifs is 2. The zero-order valence-electron chi connectivity index (χ0n) is 19.5. The van der Waals surface area contributed by atoms with E-state index in [9.17, 15) is 18.8 Å². The van der Waals surface area contributed by atoms with Crippen LogP contribution in [0.25, 0.3) is 11.1 Å². The molecule has 178 valence electrons. The summed E-state index contributed by atoms with van der Waals surface area (Å²) in [4.78, 5) is 44.7. The fraction of sp³-hybridized carbons (Fsp3) is 0.222. The van der Waals surface area contributed by atoms with Crippen LogP contribution in [0.5, 0.6) is 0 Å². The lowest BCUT2D eigenvalue weighted by Gasteiger charge is -2.39. The zero-order valence-corrected chi connectivity index (χ0v) is 19.5. The van der Waals surface area contributed by atoms with Crippen molar-refractivity contribution in [1.29, 1.82) is 0 Å². The third-order valence-corrected chi connectivity index (χ3v) is 6.55. The monoisotopic (exact) mass is 472 g/mol. The van der Waals surface area contributed by atoms with Crippen molar-refractivity contribution in [1.82, 2.24) is 9.80 Å². The Hall–Kier alpha value is -4.20. The third-order valence-electron chi connectivity index (χ3n) is 6.55. The van der Waals surface area contributed by atoms with Crippen molar-refractivity contribution in [2.45, 2.75) is 6.04 Å². The molecule has 0 saturated carbocycles. The highest BCUT2D eigenvalue weighted by Gasteiger charge is 2.40. The van der Waals surface area contributed by atoms with Crippen LogP contribution in [0.3, 0.4) is 0 Å². The summed E-state index contributed by atoms with van der Waals surface area (Å²) < 4.78 is 14.3. The summed E-state index contributed by atoms with van der Waals surface area (Å²) in [5.41, 5.74) is 3.13. The third kappa shape index (κ3) is 4.12. The van der Waals surface area contributed by atoms with Crippen molar-refractivity contribution in [2.24, 2.45) is 0 Å². The Bertz CT molecular complexity index is 1320. The Morgan fingerprint density at radius 3 is 2.43 bits per heavy atom. The second kappa shape index (κ2) is 8.87. The summed E-state index contributed by atoms with van der Waals surface area (Å²) in [7, 11) is 3.85. The van der Waals surface area contributed by atoms with Crippen LogP contribution in [0.15, 0.2) is 66.7 Å². The lowest BCUT2D eigenvalue weighted by atomic mass is 10.0. The Labute approximate surface area is 202 Å². The van der Waals surface area contributed by atoms with Crippen LogP contribution in [-0.4, -0.2) is 67.3 Å². The quantitative estimate of drug-likeness (QED) is 0.634. The lowest BCUT2D eigenvalue weighted by Crippen LogP contribution is -2.59. The summed E-state index contributed by atoms with van der Waals surface area (Å²) >= 11 is 0. The van der Waals surface area contributed by atoms with Crippen molar-refractivity contribution in [2.75, 3.05) is 43.9 Å². The van der Waals surface area contributed by atoms with E-state index in [4.69, 9.17) is 0 Å². The van der Waals surface area contributed by atoms with Gasteiger partial charge >= 0.3 is 0 Å². The molecule has 2 heterocycles. The molecule has 0 bridgehead atoms. The molecule has 3 amide bonds. The number of nitrogens with one attached hydrogen (secondary N) is 1. The number of carbonyl (C=O) groups is 3. The predicted octanol–water partition coefficient (Wildman–Crippen LogP) is 3.48. The Kier molecular flexibility index (Phi) is 5.72. The first kappa shape index (κ1) is 22.6. The molecule has 3 aromatic rings. The molecule has 35 heavy (non-hydrogen) atoms. The maximum absolute atomic E-state index is 14.3. The van der Waals surface area contributed by atoms with E-state index in [2.05, 4.69) is 5.32 Å². The molecule has 3 aromatic carbocycles. The minimum Gasteiger partial charge on any atom is -0.378 e. The Morgan fingerprint density at radius 2 is 1.71 bits per heavy atom. The average molecular weight is 473 g/mol. The van der Waals surface area contributed by atoms with Gasteiger partial charge in [0.15, 0.2) is 0 Å². The molecule has 1 unspecified atom stereocenters. The van der Waals surface area contributed by atoms with E-state index in [1.807, 2.05) is 31.1 Å². The topological polar surface area (TPSA) is 73.0 Å². The summed E-state index contributed by atoms with van der Waals surface area (Å²) in [6.07, 6.45) is 0. The molecule has 0 aliphatic carbocycles. The Morgan fingerprint density at radius 1 is 0.971 bits per heavy atom. The molecule has 1 saturated heterocycles. The molecule has 2 aliphatic heterocycles. The van der Waals surface area contributed by atoms with Gasteiger partial charge in [0, 0.05) is 44.0 Å². The summed E-state index contributed by atoms with van der Waals surface area (Å²) in [6, 6.07) is 17.7. The van der Waals surface area contributed by atoms with Gasteiger partial charge in [0.25, 0.3) is 11.8 Å². The number of hydrogen-bond donors (Lipinski definition) is 1. The van der Waals surface area contributed by atoms with Gasteiger partial charge in [0.1, 0.15) is 11.9 Å². The number of hydrogen-bond acceptors (Lipinski definition) is 4. The van der Waals surface area contributed by atoms with E-state index in [1.165, 1.54) is 11.0 Å². The maximum atomic E-state index is 14.3. The van der Waals surface area contributed by atoms with Gasteiger partial charge in [0.05, 0.1) is 17.8 Å². The molecule has 0 aromatic heterocycles. The van der Waals surface area contributed by atoms with Crippen LogP contribution >= 0.6 is 0 Å². The van der Waals surface area contributed by atoms with E-state index < -0.39 is 6.04 Å². The van der Waals surface area contributed by atoms with Crippen molar-refractivity contribution < 1.29 is 18.8 Å². The van der Waals surface area contributed by atoms with E-state index in [1.54, 1.807) is 53.4 Å². The smallest absolute Gasteiger partial charge is 0.256 e. The van der Waals surface area contributed by atoms with Crippen LogP contribution in [0.2, 0.25) is 0 Å². The van der Waals surface area contributed by atoms with Gasteiger partial charge in [-0.25, -0.2) is 4.39 Å². The normalized spacial score (nSPS) is 17.3. The van der Waals surface area contributed by atoms with E-state index in [-0.39, 0.29) is 36.6 Å². The van der Waals surface area contributed by atoms with Crippen molar-refractivity contribution >= 4 is 29.1 Å². The standard InChI is InChI=1S/C27H25FN4O3/c1-30(2)19-10-7-17(8-11-19)26(34)31-13-14-32-24(16-31)25(33)29-23-12-9-18(15-21(23)27(32)35)20-5-3-4-6-22(20)28/h3-12,15,24H,13-14,16H2,1-2H3,(H,29,33). The molecule has 0 radical (unpaired) electrons. The number of anilines is 2. The number of halogens is 1. The SMILES string of the molecule is CN(C)c1ccc(C(=O)N2CCN3C(=O)c4cc(-c5ccccc5F)ccc4NC(=O)C3C2)cc1. The van der Waals surface area contributed by atoms with Crippen LogP contribution in [0.4, 0.5) is 15.8 Å². The minimum absolute atomic E-state index is 0.0972. The molecule has 1 N–H and O–H groups in total. The number of benzene rings is 3. The number of nitrogens with zero attached hydrogens (tertiary/aromatic N) is 3. The molecular weight excluding hydrogens is 447 g/mol. The number of rotatable bonds is 3. The van der Waals surface area contributed by atoms with Gasteiger partial charge in [-0.2, -0.15) is 0 Å². The Balaban J connectivity index is 1.40. The molecule has 5 rings (SSSR count). The van der Waals surface area contributed by atoms with Crippen LogP contribution < -0.4 is 10.2 Å². The predicted molar refractivity (Wildman–Crippen MR) is 132 cm³/mol. The van der Waals surface area contributed by atoms with Gasteiger partial charge in [-0.1, -0.05) is 24.3 Å². The van der Waals surface area contributed by atoms with Crippen molar-refractivity contribution in [3.8, 4) is 11.1 Å². The molecule has 2 aliphatic rings. The maximum Gasteiger partial charge on any atom is 0.256 e. The van der Waals surface area contributed by atoms with E-state index >= 15 is 0 Å². The first-order chi connectivity index (χ1) is 16.8. The van der Waals surface area contributed by atoms with E-state index in [0.717, 1.165) is 5.69 Å². The lowest BCUT2D eigenvalue weighted by molar-refractivity contribution is -0.121. The highest BCUT2D eigenvalue weighted by molar-refractivity contribution is 6.11. The first-order valence-corrected chi connectivity index (χ1v) is 11.4. The van der Waals surface area contributed by atoms with E-state index in [0.29, 0.717) is 34.5 Å². The highest BCUT2D eigenvalue weighted by Crippen LogP contribution is 2.31. The zero-order chi connectivity index (χ0) is 24.7. The van der Waals surface area contributed by atoms with Gasteiger partial charge in [-0.3, -0.25) is 14.4 Å². The van der Waals surface area contributed by atoms with Gasteiger partial charge in [0.2, 0.25) is 5.91 Å². The van der Waals surface area contributed by atoms with Crippen LogP contribution in [-0.2, 0) is 4.79 Å². The molecule has 1 fully saturated rings. The largest absolute Gasteiger partial charge is 0.378 e. The second-order valence-electron chi connectivity index (χ2n) is 8.94. The molecule has 7 nitrogen and oxygen atoms in total. The van der Waals surface area contributed by atoms with Crippen LogP contribution in [0, 0.1) is 5.82 Å². The second-order valence-corrected chi connectivity index (χ2v) is 8.94. The van der Waals surface area contributed by atoms with Crippen molar-refractivity contribution in [3.05, 3.63) is 83.7 Å². The van der Waals surface area contributed by atoms with Gasteiger partial charge < -0.3 is 20.0 Å². The number of piperazine rings is 1. The summed E-state index contributed by atoms with van der Waals surface area (Å²) in [6.45, 7) is 0.633. The number of amides is 3. The van der Waals surface area contributed by atoms with Gasteiger partial charge in [-0.15, -0.1) is 0 Å². The minimum atomic E-state index is -0.814. The fourth-order valence-electron chi connectivity index (χ4n) is 4.58. The fourth-order valence-corrected chi connectivity index (χ4v) is 4.58. The highest BCUT2D eigenvalue weighted by atomic mass is 19.1. The van der Waals surface area contributed by atoms with Crippen molar-refractivity contribution in [3.63, 3.8) is 0 Å². The molecule has 1 atom stereocenters. The molecule has 8 heteroatoms. The first-order valence-electron chi connectivity index (χ1n) is 11.4. The molecule has 0 spiro atoms. The summed E-state index contributed by atoms with van der Waals surface area (Å²) in [5.74, 6) is -1.24. The molecular formula is C27H25FN4O3. The summed E-state index contributed by atoms with van der Waals surface area (Å²) in [5, 5.41) is 2.83. The average Bonchev–Trinajstić information content (AvgIpc) is 2.97.